The maximum Gasteiger partial charge on any atom is 0.308 e. The van der Waals surface area contributed by atoms with E-state index in [1.807, 2.05) is 30.3 Å². The molecule has 0 aliphatic carbocycles. The fourth-order valence-corrected chi connectivity index (χ4v) is 1.64. The highest BCUT2D eigenvalue weighted by atomic mass is 16.5. The molecule has 104 valence electrons. The van der Waals surface area contributed by atoms with E-state index in [0.29, 0.717) is 6.61 Å². The van der Waals surface area contributed by atoms with Crippen molar-refractivity contribution in [2.75, 3.05) is 6.61 Å². The van der Waals surface area contributed by atoms with Gasteiger partial charge in [-0.15, -0.1) is 0 Å². The number of hydrogen-bond donors (Lipinski definition) is 2. The average molecular weight is 264 g/mol. The Labute approximate surface area is 113 Å². The summed E-state index contributed by atoms with van der Waals surface area (Å²) in [6, 6.07) is 9.55. The standard InChI is InChI=1S/C15H20O4/c1-2-19-15(18)11-14(17)10-13(16)9-8-12-6-4-3-5-7-12/h3-9,13-14,16-17H,2,10-11H2,1H3/b9-8+/t13-,14-/m1/s1. The molecule has 0 unspecified atom stereocenters. The van der Waals surface area contributed by atoms with Gasteiger partial charge in [0.05, 0.1) is 25.2 Å². The van der Waals surface area contributed by atoms with E-state index >= 15 is 0 Å². The van der Waals surface area contributed by atoms with Gasteiger partial charge in [-0.05, 0) is 12.5 Å². The van der Waals surface area contributed by atoms with Crippen LogP contribution in [0.25, 0.3) is 6.08 Å². The molecule has 4 nitrogen and oxygen atoms in total. The maximum absolute atomic E-state index is 11.1. The Balaban J connectivity index is 2.36. The van der Waals surface area contributed by atoms with Crippen LogP contribution in [0.3, 0.4) is 0 Å². The molecule has 2 N–H and O–H groups in total. The van der Waals surface area contributed by atoms with Gasteiger partial charge in [0.2, 0.25) is 0 Å². The van der Waals surface area contributed by atoms with Crippen LogP contribution in [0, 0.1) is 0 Å². The third-order valence-corrected chi connectivity index (χ3v) is 2.53. The van der Waals surface area contributed by atoms with Crippen molar-refractivity contribution in [2.45, 2.75) is 32.0 Å². The lowest BCUT2D eigenvalue weighted by atomic mass is 10.1. The van der Waals surface area contributed by atoms with Crippen molar-refractivity contribution >= 4 is 12.0 Å². The smallest absolute Gasteiger partial charge is 0.308 e. The molecule has 0 saturated heterocycles. The predicted molar refractivity (Wildman–Crippen MR) is 73.4 cm³/mol. The lowest BCUT2D eigenvalue weighted by molar-refractivity contribution is -0.145. The highest BCUT2D eigenvalue weighted by Crippen LogP contribution is 2.08. The number of hydrogen-bond acceptors (Lipinski definition) is 4. The molecule has 0 spiro atoms. The fourth-order valence-electron chi connectivity index (χ4n) is 1.64. The van der Waals surface area contributed by atoms with Crippen LogP contribution < -0.4 is 0 Å². The Morgan fingerprint density at radius 2 is 2.00 bits per heavy atom. The molecule has 0 fully saturated rings. The Hall–Kier alpha value is -1.65. The SMILES string of the molecule is CCOC(=O)C[C@H](O)C[C@H](O)/C=C/c1ccccc1. The highest BCUT2D eigenvalue weighted by Gasteiger charge is 2.14. The molecule has 0 heterocycles. The summed E-state index contributed by atoms with van der Waals surface area (Å²) in [5.41, 5.74) is 0.974. The van der Waals surface area contributed by atoms with Crippen LogP contribution >= 0.6 is 0 Å². The fraction of sp³-hybridized carbons (Fsp3) is 0.400. The van der Waals surface area contributed by atoms with Crippen molar-refractivity contribution in [1.29, 1.82) is 0 Å². The first-order valence-corrected chi connectivity index (χ1v) is 6.36. The average Bonchev–Trinajstić information content (AvgIpc) is 2.37. The number of ether oxygens (including phenoxy) is 1. The maximum atomic E-state index is 11.1. The largest absolute Gasteiger partial charge is 0.466 e. The van der Waals surface area contributed by atoms with Gasteiger partial charge in [0.25, 0.3) is 0 Å². The Morgan fingerprint density at radius 3 is 2.63 bits per heavy atom. The van der Waals surface area contributed by atoms with Crippen LogP contribution in [0.4, 0.5) is 0 Å². The summed E-state index contributed by atoms with van der Waals surface area (Å²) in [7, 11) is 0. The normalized spacial score (nSPS) is 14.3. The number of carbonyl (C=O) groups is 1. The van der Waals surface area contributed by atoms with E-state index in [1.54, 1.807) is 19.1 Å². The monoisotopic (exact) mass is 264 g/mol. The molecule has 0 bridgehead atoms. The first kappa shape index (κ1) is 15.4. The Bertz CT molecular complexity index is 400. The van der Waals surface area contributed by atoms with Gasteiger partial charge in [-0.3, -0.25) is 4.79 Å². The minimum Gasteiger partial charge on any atom is -0.466 e. The van der Waals surface area contributed by atoms with Crippen LogP contribution in [0.1, 0.15) is 25.3 Å². The second-order valence-corrected chi connectivity index (χ2v) is 4.24. The number of carbonyl (C=O) groups excluding carboxylic acids is 1. The first-order valence-electron chi connectivity index (χ1n) is 6.36. The van der Waals surface area contributed by atoms with Gasteiger partial charge in [-0.25, -0.2) is 0 Å². The predicted octanol–water partition coefficient (Wildman–Crippen LogP) is 1.76. The van der Waals surface area contributed by atoms with Crippen LogP contribution in [-0.2, 0) is 9.53 Å². The molecular weight excluding hydrogens is 244 g/mol. The molecule has 0 saturated carbocycles. The molecule has 1 rings (SSSR count). The third-order valence-electron chi connectivity index (χ3n) is 2.53. The number of esters is 1. The van der Waals surface area contributed by atoms with E-state index in [0.717, 1.165) is 5.56 Å². The molecule has 0 amide bonds. The van der Waals surface area contributed by atoms with E-state index in [4.69, 9.17) is 4.74 Å². The molecule has 4 heteroatoms. The first-order chi connectivity index (χ1) is 9.11. The van der Waals surface area contributed by atoms with Crippen molar-refractivity contribution in [2.24, 2.45) is 0 Å². The quantitative estimate of drug-likeness (QED) is 0.736. The topological polar surface area (TPSA) is 66.8 Å². The second-order valence-electron chi connectivity index (χ2n) is 4.24. The van der Waals surface area contributed by atoms with Crippen molar-refractivity contribution in [3.8, 4) is 0 Å². The molecule has 2 atom stereocenters. The lowest BCUT2D eigenvalue weighted by Gasteiger charge is -2.12. The van der Waals surface area contributed by atoms with Gasteiger partial charge in [-0.1, -0.05) is 42.5 Å². The summed E-state index contributed by atoms with van der Waals surface area (Å²) in [5.74, 6) is -0.450. The van der Waals surface area contributed by atoms with Crippen LogP contribution in [0.2, 0.25) is 0 Å². The van der Waals surface area contributed by atoms with Crippen LogP contribution in [-0.4, -0.2) is 35.0 Å². The van der Waals surface area contributed by atoms with E-state index < -0.39 is 18.2 Å². The zero-order valence-corrected chi connectivity index (χ0v) is 11.0. The molecule has 19 heavy (non-hydrogen) atoms. The zero-order valence-electron chi connectivity index (χ0n) is 11.0. The highest BCUT2D eigenvalue weighted by molar-refractivity contribution is 5.69. The number of benzene rings is 1. The summed E-state index contributed by atoms with van der Waals surface area (Å²) >= 11 is 0. The minimum absolute atomic E-state index is 0.0932. The second kappa shape index (κ2) is 8.45. The number of aliphatic hydroxyl groups excluding tert-OH is 2. The molecule has 0 aromatic heterocycles. The summed E-state index contributed by atoms with van der Waals surface area (Å²) < 4.78 is 4.72. The van der Waals surface area contributed by atoms with Gasteiger partial charge in [0, 0.05) is 6.42 Å². The van der Waals surface area contributed by atoms with E-state index in [1.165, 1.54) is 0 Å². The molecule has 1 aromatic carbocycles. The van der Waals surface area contributed by atoms with E-state index in [-0.39, 0.29) is 12.8 Å². The summed E-state index contributed by atoms with van der Waals surface area (Å²) in [6.45, 7) is 2.00. The summed E-state index contributed by atoms with van der Waals surface area (Å²) in [5, 5.41) is 19.3. The Morgan fingerprint density at radius 1 is 1.32 bits per heavy atom. The van der Waals surface area contributed by atoms with Gasteiger partial charge in [0.1, 0.15) is 0 Å². The van der Waals surface area contributed by atoms with E-state index in [9.17, 15) is 15.0 Å². The van der Waals surface area contributed by atoms with Gasteiger partial charge < -0.3 is 14.9 Å². The van der Waals surface area contributed by atoms with E-state index in [2.05, 4.69) is 0 Å². The zero-order chi connectivity index (χ0) is 14.1. The van der Waals surface area contributed by atoms with Crippen LogP contribution in [0.15, 0.2) is 36.4 Å². The van der Waals surface area contributed by atoms with Crippen molar-refractivity contribution in [1.82, 2.24) is 0 Å². The summed E-state index contributed by atoms with van der Waals surface area (Å²) in [6.07, 6.45) is 1.72. The van der Waals surface area contributed by atoms with Crippen LogP contribution in [0.5, 0.6) is 0 Å². The number of aliphatic hydroxyl groups is 2. The lowest BCUT2D eigenvalue weighted by Crippen LogP contribution is -2.20. The molecule has 0 aliphatic rings. The summed E-state index contributed by atoms with van der Waals surface area (Å²) in [4.78, 5) is 11.1. The van der Waals surface area contributed by atoms with Crippen molar-refractivity contribution < 1.29 is 19.7 Å². The van der Waals surface area contributed by atoms with Gasteiger partial charge in [0.15, 0.2) is 0 Å². The molecular formula is C15H20O4. The van der Waals surface area contributed by atoms with Gasteiger partial charge in [-0.2, -0.15) is 0 Å². The third kappa shape index (κ3) is 6.74. The van der Waals surface area contributed by atoms with Gasteiger partial charge >= 0.3 is 5.97 Å². The molecule has 0 aliphatic heterocycles. The van der Waals surface area contributed by atoms with Crippen molar-refractivity contribution in [3.05, 3.63) is 42.0 Å². The molecule has 0 radical (unpaired) electrons. The number of rotatable bonds is 7. The molecule has 1 aromatic rings. The minimum atomic E-state index is -0.894. The Kier molecular flexibility index (Phi) is 6.85. The van der Waals surface area contributed by atoms with Crippen molar-refractivity contribution in [3.63, 3.8) is 0 Å².